The summed E-state index contributed by atoms with van der Waals surface area (Å²) in [6.07, 6.45) is 11.7. The fraction of sp³-hybridized carbons (Fsp3) is 0.938. The normalized spacial score (nSPS) is 26.0. The number of aliphatic hydroxyl groups excluding tert-OH is 4. The molecular weight excluding hydrogens is 900 g/mol. The van der Waals surface area contributed by atoms with E-state index in [1.54, 1.807) is 0 Å². The van der Waals surface area contributed by atoms with Crippen LogP contribution in [0.4, 0.5) is 0 Å². The van der Waals surface area contributed by atoms with E-state index in [-0.39, 0.29) is 48.8 Å². The van der Waals surface area contributed by atoms with Crippen LogP contribution in [0.25, 0.3) is 0 Å². The number of phosphoric ester groups is 1. The van der Waals surface area contributed by atoms with Crippen molar-refractivity contribution >= 4 is 25.7 Å². The topological polar surface area (TPSA) is 260 Å². The first kappa shape index (κ1) is 64.3. The maximum Gasteiger partial charge on any atom is 1.00 e. The van der Waals surface area contributed by atoms with Gasteiger partial charge in [-0.3, -0.25) is 18.9 Å². The minimum absolute atomic E-state index is 0. The Morgan fingerprint density at radius 1 is 0.552 bits per heavy atom. The quantitative estimate of drug-likeness (QED) is 0.0219. The first-order chi connectivity index (χ1) is 31.8. The third kappa shape index (κ3) is 28.2. The number of unbranched alkanes of at least 4 members (excludes halogenated alkanes) is 24. The molecule has 2 aliphatic heterocycles. The molecule has 19 heteroatoms. The number of ether oxygens (including phenoxy) is 5. The van der Waals surface area contributed by atoms with Crippen molar-refractivity contribution in [2.24, 2.45) is 0 Å². The van der Waals surface area contributed by atoms with Crippen molar-refractivity contribution in [3.63, 3.8) is 0 Å². The Morgan fingerprint density at radius 2 is 0.955 bits per heavy atom. The molecule has 388 valence electrons. The molecule has 2 saturated heterocycles. The van der Waals surface area contributed by atoms with Crippen LogP contribution in [-0.2, 0) is 47.2 Å². The van der Waals surface area contributed by atoms with Crippen molar-refractivity contribution in [3.05, 3.63) is 0 Å². The van der Waals surface area contributed by atoms with Crippen molar-refractivity contribution < 1.29 is 107 Å². The van der Waals surface area contributed by atoms with E-state index in [0.29, 0.717) is 19.3 Å². The number of amides is 1. The van der Waals surface area contributed by atoms with Gasteiger partial charge in [0.25, 0.3) is 7.82 Å². The van der Waals surface area contributed by atoms with Crippen molar-refractivity contribution in [1.82, 2.24) is 5.32 Å². The van der Waals surface area contributed by atoms with E-state index in [1.165, 1.54) is 51.4 Å². The van der Waals surface area contributed by atoms with E-state index in [9.17, 15) is 49.2 Å². The Labute approximate surface area is 423 Å². The Hall–Kier alpha value is -0.760. The summed E-state index contributed by atoms with van der Waals surface area (Å²) in [4.78, 5) is 63.4. The average molecular weight is 990 g/mol. The number of esters is 2. The van der Waals surface area contributed by atoms with Gasteiger partial charge in [-0.15, -0.1) is 0 Å². The maximum atomic E-state index is 13.7. The first-order valence-corrected chi connectivity index (χ1v) is 27.2. The molecule has 0 aliphatic carbocycles. The average Bonchev–Trinajstić information content (AvgIpc) is 3.28. The van der Waals surface area contributed by atoms with Gasteiger partial charge < -0.3 is 63.7 Å². The molecule has 0 aromatic heterocycles. The Kier molecular flexibility index (Phi) is 37.3. The molecule has 2 rings (SSSR count). The monoisotopic (exact) mass is 990 g/mol. The van der Waals surface area contributed by atoms with Crippen LogP contribution in [0.15, 0.2) is 0 Å². The molecule has 0 saturated carbocycles. The van der Waals surface area contributed by atoms with Gasteiger partial charge in [0.15, 0.2) is 12.4 Å². The van der Waals surface area contributed by atoms with Gasteiger partial charge in [-0.05, 0) is 19.3 Å². The smallest absolute Gasteiger partial charge is 0.756 e. The molecule has 2 fully saturated rings. The Balaban J connectivity index is 0.0000224. The number of hydrogen-bond donors (Lipinski definition) is 6. The fourth-order valence-electron chi connectivity index (χ4n) is 8.52. The van der Waals surface area contributed by atoms with Gasteiger partial charge in [0.2, 0.25) is 12.2 Å². The Bertz CT molecular complexity index is 1330. The molecular formula is C48H89NNaO16P. The predicted molar refractivity (Wildman–Crippen MR) is 247 cm³/mol. The summed E-state index contributed by atoms with van der Waals surface area (Å²) in [6.45, 7) is 5.00. The van der Waals surface area contributed by atoms with E-state index in [2.05, 4.69) is 26.1 Å². The van der Waals surface area contributed by atoms with Gasteiger partial charge in [0, 0.05) is 19.3 Å². The molecule has 0 radical (unpaired) electrons. The van der Waals surface area contributed by atoms with Gasteiger partial charge in [0.05, 0.1) is 13.2 Å². The number of carbonyl (C=O) groups is 3. The molecule has 6 N–H and O–H groups in total. The standard InChI is InChI=1S/C48H90NO16P.Na/c1-4-7-10-13-16-19-22-25-28-31-38(51)49-41-46(63-39(52)32-29-26-23-20-17-14-11-8-5-2)45(65-66(57,58)59)37(35-60-48-44(56)43(55)42(54)36(34-50)61-48)62-47(41)64-40(53)33-30-27-24-21-18-15-12-9-6-3;/h36-37,41-48,50,54-56H,4-35H2,1-3H3,(H,49,51)(H2,57,58,59);/q;+1/p-1/t36-,37-,41-,42+,43+,44-,45-,46-,47+,48+;/m1./s1. The van der Waals surface area contributed by atoms with Crippen LogP contribution in [0.2, 0.25) is 0 Å². The summed E-state index contributed by atoms with van der Waals surface area (Å²) in [6, 6.07) is -1.50. The van der Waals surface area contributed by atoms with E-state index >= 15 is 0 Å². The minimum Gasteiger partial charge on any atom is -0.756 e. The molecule has 0 aromatic rings. The zero-order valence-electron chi connectivity index (χ0n) is 41.6. The zero-order valence-corrected chi connectivity index (χ0v) is 44.5. The number of phosphoric acid groups is 1. The van der Waals surface area contributed by atoms with Crippen molar-refractivity contribution in [1.29, 1.82) is 0 Å². The maximum absolute atomic E-state index is 13.7. The van der Waals surface area contributed by atoms with Gasteiger partial charge >= 0.3 is 41.5 Å². The van der Waals surface area contributed by atoms with Gasteiger partial charge in [-0.25, -0.2) is 0 Å². The fourth-order valence-corrected chi connectivity index (χ4v) is 9.08. The van der Waals surface area contributed by atoms with Gasteiger partial charge in [0.1, 0.15) is 42.7 Å². The second kappa shape index (κ2) is 38.9. The van der Waals surface area contributed by atoms with Crippen molar-refractivity contribution in [3.8, 4) is 0 Å². The molecule has 2 aliphatic rings. The summed E-state index contributed by atoms with van der Waals surface area (Å²) in [5, 5.41) is 43.9. The second-order valence-electron chi connectivity index (χ2n) is 18.4. The number of hydrogen-bond acceptors (Lipinski definition) is 15. The third-order valence-electron chi connectivity index (χ3n) is 12.5. The van der Waals surface area contributed by atoms with Crippen LogP contribution < -0.4 is 39.8 Å². The molecule has 0 aromatic carbocycles. The molecule has 1 unspecified atom stereocenters. The number of carbonyl (C=O) groups excluding carboxylic acids is 3. The molecule has 67 heavy (non-hydrogen) atoms. The summed E-state index contributed by atoms with van der Waals surface area (Å²) in [7, 11) is -5.66. The molecule has 2 heterocycles. The SMILES string of the molecule is CCCCCCCCCCCC(=O)N[C@H]1[C@H](OC(=O)CCCCCCCCCCC)O[C@H](CO[C@H]2O[C@H](CO)[C@H](O)[C@H](O)[C@H]2O)[C@@H](OP(=O)([O-])O)[C@@H]1OC(=O)CCCCCCCCCCC.[Na+]. The summed E-state index contributed by atoms with van der Waals surface area (Å²) < 4.78 is 46.8. The molecule has 11 atom stereocenters. The Morgan fingerprint density at radius 3 is 1.39 bits per heavy atom. The number of aliphatic hydroxyl groups is 4. The molecule has 1 amide bonds. The summed E-state index contributed by atoms with van der Waals surface area (Å²) >= 11 is 0. The molecule has 0 spiro atoms. The largest absolute Gasteiger partial charge is 1.00 e. The first-order valence-electron chi connectivity index (χ1n) is 25.7. The predicted octanol–water partition coefficient (Wildman–Crippen LogP) is 4.08. The van der Waals surface area contributed by atoms with Crippen LogP contribution in [0.3, 0.4) is 0 Å². The molecule has 17 nitrogen and oxygen atoms in total. The van der Waals surface area contributed by atoms with Crippen LogP contribution in [0.5, 0.6) is 0 Å². The summed E-state index contributed by atoms with van der Waals surface area (Å²) in [5.41, 5.74) is 0. The van der Waals surface area contributed by atoms with Gasteiger partial charge in [-0.2, -0.15) is 0 Å². The minimum atomic E-state index is -5.66. The van der Waals surface area contributed by atoms with E-state index in [1.807, 2.05) is 0 Å². The number of rotatable bonds is 39. The van der Waals surface area contributed by atoms with Gasteiger partial charge in [-0.1, -0.05) is 175 Å². The van der Waals surface area contributed by atoms with Crippen LogP contribution in [-0.4, -0.2) is 118 Å². The zero-order chi connectivity index (χ0) is 48.6. The molecule has 0 bridgehead atoms. The van der Waals surface area contributed by atoms with Crippen LogP contribution in [0, 0.1) is 0 Å². The van der Waals surface area contributed by atoms with Crippen LogP contribution in [0.1, 0.15) is 213 Å². The van der Waals surface area contributed by atoms with Crippen molar-refractivity contribution in [2.45, 2.75) is 275 Å². The van der Waals surface area contributed by atoms with Crippen molar-refractivity contribution in [2.75, 3.05) is 13.2 Å². The van der Waals surface area contributed by atoms with E-state index in [4.69, 9.17) is 28.2 Å². The van der Waals surface area contributed by atoms with E-state index < -0.39 is 100 Å². The number of nitrogens with one attached hydrogen (secondary N) is 1. The second-order valence-corrected chi connectivity index (χ2v) is 19.5. The van der Waals surface area contributed by atoms with Crippen LogP contribution >= 0.6 is 7.82 Å². The third-order valence-corrected chi connectivity index (χ3v) is 13.0. The summed E-state index contributed by atoms with van der Waals surface area (Å²) in [5.74, 6) is -1.95. The van der Waals surface area contributed by atoms with E-state index in [0.717, 1.165) is 103 Å².